The molecule has 0 bridgehead atoms. The number of rotatable bonds is 1. The molecule has 0 spiro atoms. The van der Waals surface area contributed by atoms with Crippen molar-refractivity contribution in [3.05, 3.63) is 85.4 Å². The van der Waals surface area contributed by atoms with Crippen LogP contribution >= 0.6 is 11.6 Å². The van der Waals surface area contributed by atoms with Gasteiger partial charge in [0.05, 0.1) is 11.3 Å². The third kappa shape index (κ3) is 2.26. The predicted molar refractivity (Wildman–Crippen MR) is 90.2 cm³/mol. The number of para-hydroxylation sites is 1. The number of nitrogens with one attached hydrogen (secondary N) is 2. The molecule has 1 aliphatic rings. The topological polar surface area (TPSA) is 66.9 Å². The summed E-state index contributed by atoms with van der Waals surface area (Å²) in [6, 6.07) is 14.4. The number of H-pyrrole nitrogens is 1. The lowest BCUT2D eigenvalue weighted by Gasteiger charge is -2.21. The molecule has 0 atom stereocenters. The number of nitrogens with zero attached hydrogens (tertiary/aromatic N) is 1. The van der Waals surface area contributed by atoms with Gasteiger partial charge in [-0.05, 0) is 35.9 Å². The second-order valence-corrected chi connectivity index (χ2v) is 5.81. The molecule has 0 aliphatic carbocycles. The van der Waals surface area contributed by atoms with Gasteiger partial charge in [-0.3, -0.25) is 14.7 Å². The number of halogens is 1. The first kappa shape index (κ1) is 13.8. The van der Waals surface area contributed by atoms with Gasteiger partial charge < -0.3 is 5.32 Å². The number of aromatic amines is 1. The number of hydrogen-bond acceptors (Lipinski definition) is 3. The fraction of sp³-hybridized carbons (Fsp3) is 0.0588. The van der Waals surface area contributed by atoms with E-state index in [0.29, 0.717) is 28.4 Å². The van der Waals surface area contributed by atoms with Gasteiger partial charge in [-0.15, -0.1) is 0 Å². The van der Waals surface area contributed by atoms with Crippen molar-refractivity contribution in [2.45, 2.75) is 6.42 Å². The molecule has 4 rings (SSSR count). The minimum absolute atomic E-state index is 0.286. The average Bonchev–Trinajstić information content (AvgIpc) is 2.57. The lowest BCUT2D eigenvalue weighted by molar-refractivity contribution is 0.773. The standard InChI is InChI=1S/C17H12ClN3O2/c18-11-6-7-14-10(8-11)9-13-15(19-14)17(23)21(20-16(13)22)12-4-2-1-3-5-12/h1-8,19H,9H2,(H,20,22). The molecule has 23 heavy (non-hydrogen) atoms. The van der Waals surface area contributed by atoms with Gasteiger partial charge in [0.25, 0.3) is 11.1 Å². The van der Waals surface area contributed by atoms with Crippen molar-refractivity contribution < 1.29 is 0 Å². The van der Waals surface area contributed by atoms with E-state index >= 15 is 0 Å². The van der Waals surface area contributed by atoms with Crippen LogP contribution in [-0.4, -0.2) is 9.78 Å². The maximum atomic E-state index is 12.7. The van der Waals surface area contributed by atoms with E-state index in [1.165, 1.54) is 4.68 Å². The zero-order valence-electron chi connectivity index (χ0n) is 12.0. The molecule has 2 aromatic carbocycles. The van der Waals surface area contributed by atoms with E-state index < -0.39 is 0 Å². The SMILES string of the molecule is O=c1[nH]n(-c2ccccc2)c(=O)c2c1Cc1cc(Cl)ccc1N2. The highest BCUT2D eigenvalue weighted by Crippen LogP contribution is 2.30. The molecule has 2 N–H and O–H groups in total. The summed E-state index contributed by atoms with van der Waals surface area (Å²) in [5, 5.41) is 6.32. The molecule has 0 fully saturated rings. The van der Waals surface area contributed by atoms with Crippen LogP contribution in [0.25, 0.3) is 5.69 Å². The van der Waals surface area contributed by atoms with E-state index in [1.54, 1.807) is 24.3 Å². The van der Waals surface area contributed by atoms with E-state index in [-0.39, 0.29) is 11.1 Å². The molecule has 114 valence electrons. The zero-order chi connectivity index (χ0) is 16.0. The Bertz CT molecular complexity index is 1020. The van der Waals surface area contributed by atoms with Gasteiger partial charge >= 0.3 is 0 Å². The summed E-state index contributed by atoms with van der Waals surface area (Å²) < 4.78 is 1.26. The number of hydrogen-bond donors (Lipinski definition) is 2. The van der Waals surface area contributed by atoms with Gasteiger partial charge in [-0.25, -0.2) is 4.68 Å². The van der Waals surface area contributed by atoms with Crippen LogP contribution in [0.5, 0.6) is 0 Å². The van der Waals surface area contributed by atoms with E-state index in [9.17, 15) is 9.59 Å². The van der Waals surface area contributed by atoms with Crippen molar-refractivity contribution in [3.8, 4) is 5.69 Å². The van der Waals surface area contributed by atoms with Gasteiger partial charge in [-0.2, -0.15) is 0 Å². The maximum Gasteiger partial charge on any atom is 0.293 e. The second kappa shape index (κ2) is 5.14. The van der Waals surface area contributed by atoms with Crippen LogP contribution in [-0.2, 0) is 6.42 Å². The van der Waals surface area contributed by atoms with Crippen LogP contribution in [0.15, 0.2) is 58.1 Å². The van der Waals surface area contributed by atoms with Crippen LogP contribution in [0.1, 0.15) is 11.1 Å². The van der Waals surface area contributed by atoms with E-state index in [0.717, 1.165) is 11.3 Å². The Morgan fingerprint density at radius 3 is 2.61 bits per heavy atom. The summed E-state index contributed by atoms with van der Waals surface area (Å²) in [5.41, 5.74) is 2.47. The molecular weight excluding hydrogens is 314 g/mol. The molecule has 0 radical (unpaired) electrons. The minimum atomic E-state index is -0.290. The van der Waals surface area contributed by atoms with Crippen molar-refractivity contribution in [3.63, 3.8) is 0 Å². The van der Waals surface area contributed by atoms with Gasteiger partial charge in [0, 0.05) is 17.1 Å². The van der Waals surface area contributed by atoms with Crippen LogP contribution in [0.3, 0.4) is 0 Å². The van der Waals surface area contributed by atoms with Gasteiger partial charge in [0.1, 0.15) is 5.69 Å². The smallest absolute Gasteiger partial charge is 0.293 e. The Kier molecular flexibility index (Phi) is 3.09. The number of aromatic nitrogens is 2. The van der Waals surface area contributed by atoms with Crippen LogP contribution in [0, 0.1) is 0 Å². The lowest BCUT2D eigenvalue weighted by atomic mass is 9.99. The highest BCUT2D eigenvalue weighted by atomic mass is 35.5. The average molecular weight is 326 g/mol. The quantitative estimate of drug-likeness (QED) is 0.565. The fourth-order valence-corrected chi connectivity index (χ4v) is 2.98. The summed E-state index contributed by atoms with van der Waals surface area (Å²) in [7, 11) is 0. The van der Waals surface area contributed by atoms with Crippen molar-refractivity contribution in [1.29, 1.82) is 0 Å². The number of fused-ring (bicyclic) bond motifs is 2. The highest BCUT2D eigenvalue weighted by molar-refractivity contribution is 6.30. The molecule has 0 saturated carbocycles. The minimum Gasteiger partial charge on any atom is -0.350 e. The number of benzene rings is 2. The lowest BCUT2D eigenvalue weighted by Crippen LogP contribution is -2.34. The Labute approximate surface area is 136 Å². The van der Waals surface area contributed by atoms with Gasteiger partial charge in [0.2, 0.25) is 0 Å². The molecule has 3 aromatic rings. The Balaban J connectivity index is 1.92. The first-order chi connectivity index (χ1) is 11.1. The van der Waals surface area contributed by atoms with Crippen LogP contribution in [0.2, 0.25) is 5.02 Å². The van der Waals surface area contributed by atoms with Gasteiger partial charge in [-0.1, -0.05) is 29.8 Å². The Morgan fingerprint density at radius 1 is 1.04 bits per heavy atom. The molecule has 2 heterocycles. The monoisotopic (exact) mass is 325 g/mol. The first-order valence-electron chi connectivity index (χ1n) is 7.12. The second-order valence-electron chi connectivity index (χ2n) is 5.37. The van der Waals surface area contributed by atoms with Crippen molar-refractivity contribution in [2.24, 2.45) is 0 Å². The highest BCUT2D eigenvalue weighted by Gasteiger charge is 2.22. The first-order valence-corrected chi connectivity index (χ1v) is 7.50. The van der Waals surface area contributed by atoms with E-state index in [1.807, 2.05) is 24.3 Å². The third-order valence-electron chi connectivity index (χ3n) is 3.91. The largest absolute Gasteiger partial charge is 0.350 e. The Hall–Kier alpha value is -2.79. The van der Waals surface area contributed by atoms with Crippen LogP contribution in [0.4, 0.5) is 11.4 Å². The van der Waals surface area contributed by atoms with Crippen molar-refractivity contribution in [2.75, 3.05) is 5.32 Å². The van der Waals surface area contributed by atoms with Crippen molar-refractivity contribution in [1.82, 2.24) is 9.78 Å². The normalized spacial score (nSPS) is 12.2. The molecule has 5 nitrogen and oxygen atoms in total. The summed E-state index contributed by atoms with van der Waals surface area (Å²) in [6.07, 6.45) is 0.373. The third-order valence-corrected chi connectivity index (χ3v) is 4.15. The summed E-state index contributed by atoms with van der Waals surface area (Å²) in [6.45, 7) is 0. The number of anilines is 2. The predicted octanol–water partition coefficient (Wildman–Crippen LogP) is 2.83. The zero-order valence-corrected chi connectivity index (χ0v) is 12.7. The van der Waals surface area contributed by atoms with Crippen LogP contribution < -0.4 is 16.4 Å². The molecular formula is C17H12ClN3O2. The Morgan fingerprint density at radius 2 is 1.83 bits per heavy atom. The molecule has 0 unspecified atom stereocenters. The van der Waals surface area contributed by atoms with E-state index in [2.05, 4.69) is 10.4 Å². The van der Waals surface area contributed by atoms with Crippen molar-refractivity contribution >= 4 is 23.0 Å². The summed E-state index contributed by atoms with van der Waals surface area (Å²) in [4.78, 5) is 25.2. The summed E-state index contributed by atoms with van der Waals surface area (Å²) in [5.74, 6) is 0. The molecule has 1 aromatic heterocycles. The fourth-order valence-electron chi connectivity index (χ4n) is 2.79. The van der Waals surface area contributed by atoms with Gasteiger partial charge in [0.15, 0.2) is 0 Å². The summed E-state index contributed by atoms with van der Waals surface area (Å²) >= 11 is 6.00. The van der Waals surface area contributed by atoms with E-state index in [4.69, 9.17) is 11.6 Å². The molecule has 6 heteroatoms. The maximum absolute atomic E-state index is 12.7. The molecule has 0 saturated heterocycles. The molecule has 0 amide bonds. The molecule has 1 aliphatic heterocycles.